The van der Waals surface area contributed by atoms with Crippen molar-refractivity contribution in [3.05, 3.63) is 0 Å². The number of likely N-dealkylation sites (N-methyl/N-ethyl adjacent to an activating group) is 1. The van der Waals surface area contributed by atoms with Crippen LogP contribution in [0.25, 0.3) is 0 Å². The molecule has 0 radical (unpaired) electrons. The van der Waals surface area contributed by atoms with E-state index in [4.69, 9.17) is 16.3 Å². The standard InChI is InChI=1S/C7H16ClNO3S/c1-3-9(5-6-12-4-2)13(10,11)7-8/h3-7H2,1-2H3. The molecule has 6 heteroatoms. The van der Waals surface area contributed by atoms with E-state index in [2.05, 4.69) is 0 Å². The van der Waals surface area contributed by atoms with Crippen LogP contribution in [0.3, 0.4) is 0 Å². The molecular formula is C7H16ClNO3S. The van der Waals surface area contributed by atoms with Gasteiger partial charge < -0.3 is 4.74 Å². The van der Waals surface area contributed by atoms with Gasteiger partial charge in [-0.1, -0.05) is 6.92 Å². The van der Waals surface area contributed by atoms with Crippen LogP contribution in [0.1, 0.15) is 13.8 Å². The van der Waals surface area contributed by atoms with Crippen LogP contribution < -0.4 is 0 Å². The first-order valence-corrected chi connectivity index (χ1v) is 6.34. The second kappa shape index (κ2) is 6.59. The maximum atomic E-state index is 11.3. The molecule has 4 nitrogen and oxygen atoms in total. The number of alkyl halides is 1. The number of ether oxygens (including phenoxy) is 1. The first-order valence-electron chi connectivity index (χ1n) is 4.20. The molecule has 0 aromatic heterocycles. The van der Waals surface area contributed by atoms with Crippen molar-refractivity contribution >= 4 is 21.6 Å². The summed E-state index contributed by atoms with van der Waals surface area (Å²) in [5.74, 6) is 0. The summed E-state index contributed by atoms with van der Waals surface area (Å²) in [5.41, 5.74) is 0. The minimum Gasteiger partial charge on any atom is -0.380 e. The predicted molar refractivity (Wildman–Crippen MR) is 53.4 cm³/mol. The highest BCUT2D eigenvalue weighted by Crippen LogP contribution is 2.02. The third-order valence-electron chi connectivity index (χ3n) is 1.57. The van der Waals surface area contributed by atoms with Gasteiger partial charge in [-0.05, 0) is 6.92 Å². The molecule has 13 heavy (non-hydrogen) atoms. The van der Waals surface area contributed by atoms with Crippen LogP contribution in [0, 0.1) is 0 Å². The van der Waals surface area contributed by atoms with Gasteiger partial charge in [-0.3, -0.25) is 0 Å². The van der Waals surface area contributed by atoms with E-state index in [0.717, 1.165) is 0 Å². The van der Waals surface area contributed by atoms with Crippen LogP contribution in [-0.4, -0.2) is 44.2 Å². The van der Waals surface area contributed by atoms with Gasteiger partial charge in [0.15, 0.2) is 0 Å². The average Bonchev–Trinajstić information content (AvgIpc) is 2.12. The Morgan fingerprint density at radius 1 is 1.38 bits per heavy atom. The molecule has 0 aromatic rings. The van der Waals surface area contributed by atoms with Gasteiger partial charge in [-0.25, -0.2) is 8.42 Å². The lowest BCUT2D eigenvalue weighted by Crippen LogP contribution is -2.34. The molecule has 0 aliphatic carbocycles. The molecule has 0 rings (SSSR count). The average molecular weight is 230 g/mol. The van der Waals surface area contributed by atoms with E-state index in [-0.39, 0.29) is 5.21 Å². The van der Waals surface area contributed by atoms with E-state index in [0.29, 0.717) is 26.3 Å². The van der Waals surface area contributed by atoms with Crippen molar-refractivity contribution in [2.45, 2.75) is 13.8 Å². The van der Waals surface area contributed by atoms with Crippen molar-refractivity contribution in [2.75, 3.05) is 31.5 Å². The Morgan fingerprint density at radius 3 is 2.38 bits per heavy atom. The SMILES string of the molecule is CCOCCN(CC)S(=O)(=O)CCl. The molecule has 0 heterocycles. The zero-order valence-electron chi connectivity index (χ0n) is 7.99. The number of nitrogens with zero attached hydrogens (tertiary/aromatic N) is 1. The summed E-state index contributed by atoms with van der Waals surface area (Å²) in [6.07, 6.45) is 0. The molecular weight excluding hydrogens is 214 g/mol. The summed E-state index contributed by atoms with van der Waals surface area (Å²) >= 11 is 5.31. The van der Waals surface area contributed by atoms with Gasteiger partial charge in [0.2, 0.25) is 10.0 Å². The number of sulfonamides is 1. The fraction of sp³-hybridized carbons (Fsp3) is 1.00. The minimum atomic E-state index is -3.27. The Labute approximate surface area is 84.9 Å². The molecule has 0 atom stereocenters. The lowest BCUT2D eigenvalue weighted by atomic mass is 10.6. The fourth-order valence-corrected chi connectivity index (χ4v) is 2.17. The molecule has 80 valence electrons. The van der Waals surface area contributed by atoms with Gasteiger partial charge in [-0.15, -0.1) is 11.6 Å². The van der Waals surface area contributed by atoms with Gasteiger partial charge in [0.05, 0.1) is 6.61 Å². The topological polar surface area (TPSA) is 46.6 Å². The van der Waals surface area contributed by atoms with Crippen molar-refractivity contribution in [1.29, 1.82) is 0 Å². The second-order valence-corrected chi connectivity index (χ2v) is 4.96. The zero-order chi connectivity index (χ0) is 10.3. The molecule has 0 aliphatic rings. The Bertz CT molecular complexity index is 218. The summed E-state index contributed by atoms with van der Waals surface area (Å²) in [6.45, 7) is 5.46. The van der Waals surface area contributed by atoms with Crippen LogP contribution in [0.5, 0.6) is 0 Å². The first-order chi connectivity index (χ1) is 6.08. The molecule has 0 saturated heterocycles. The lowest BCUT2D eigenvalue weighted by molar-refractivity contribution is 0.135. The predicted octanol–water partition coefficient (Wildman–Crippen LogP) is 0.871. The monoisotopic (exact) mass is 229 g/mol. The molecule has 0 fully saturated rings. The van der Waals surface area contributed by atoms with Crippen molar-refractivity contribution < 1.29 is 13.2 Å². The number of hydrogen-bond donors (Lipinski definition) is 0. The molecule has 0 amide bonds. The highest BCUT2D eigenvalue weighted by Gasteiger charge is 2.18. The second-order valence-electron chi connectivity index (χ2n) is 2.41. The third kappa shape index (κ3) is 4.81. The molecule has 0 saturated carbocycles. The lowest BCUT2D eigenvalue weighted by Gasteiger charge is -2.18. The quantitative estimate of drug-likeness (QED) is 0.481. The molecule has 0 bridgehead atoms. The van der Waals surface area contributed by atoms with E-state index >= 15 is 0 Å². The van der Waals surface area contributed by atoms with Crippen LogP contribution in [0.15, 0.2) is 0 Å². The maximum Gasteiger partial charge on any atom is 0.228 e. The number of rotatable bonds is 7. The van der Waals surface area contributed by atoms with Crippen molar-refractivity contribution in [3.63, 3.8) is 0 Å². The van der Waals surface area contributed by atoms with Crippen LogP contribution in [0.4, 0.5) is 0 Å². The van der Waals surface area contributed by atoms with Crippen molar-refractivity contribution in [1.82, 2.24) is 4.31 Å². The summed E-state index contributed by atoms with van der Waals surface area (Å²) in [6, 6.07) is 0. The molecule has 0 aliphatic heterocycles. The Kier molecular flexibility index (Phi) is 6.67. The molecule has 0 unspecified atom stereocenters. The summed E-state index contributed by atoms with van der Waals surface area (Å²) in [4.78, 5) is 0. The van der Waals surface area contributed by atoms with Crippen molar-refractivity contribution in [3.8, 4) is 0 Å². The highest BCUT2D eigenvalue weighted by atomic mass is 35.5. The summed E-state index contributed by atoms with van der Waals surface area (Å²) < 4.78 is 28.9. The van der Waals surface area contributed by atoms with Crippen LogP contribution >= 0.6 is 11.6 Å². The van der Waals surface area contributed by atoms with E-state index in [1.54, 1.807) is 6.92 Å². The Hall–Kier alpha value is 0.160. The van der Waals surface area contributed by atoms with Crippen molar-refractivity contribution in [2.24, 2.45) is 0 Å². The Balaban J connectivity index is 4.03. The van der Waals surface area contributed by atoms with Gasteiger partial charge >= 0.3 is 0 Å². The van der Waals surface area contributed by atoms with Gasteiger partial charge in [-0.2, -0.15) is 4.31 Å². The summed E-state index contributed by atoms with van der Waals surface area (Å²) in [5, 5.41) is -0.368. The summed E-state index contributed by atoms with van der Waals surface area (Å²) in [7, 11) is -3.27. The van der Waals surface area contributed by atoms with Crippen LogP contribution in [0.2, 0.25) is 0 Å². The highest BCUT2D eigenvalue weighted by molar-refractivity contribution is 7.90. The number of hydrogen-bond acceptors (Lipinski definition) is 3. The first kappa shape index (κ1) is 13.2. The van der Waals surface area contributed by atoms with Crippen LogP contribution in [-0.2, 0) is 14.8 Å². The van der Waals surface area contributed by atoms with Gasteiger partial charge in [0.25, 0.3) is 0 Å². The number of halogens is 1. The maximum absolute atomic E-state index is 11.3. The smallest absolute Gasteiger partial charge is 0.228 e. The Morgan fingerprint density at radius 2 is 2.00 bits per heavy atom. The van der Waals surface area contributed by atoms with E-state index in [1.165, 1.54) is 4.31 Å². The van der Waals surface area contributed by atoms with Gasteiger partial charge in [0.1, 0.15) is 5.21 Å². The van der Waals surface area contributed by atoms with Gasteiger partial charge in [0, 0.05) is 19.7 Å². The molecule has 0 aromatic carbocycles. The molecule has 0 N–H and O–H groups in total. The fourth-order valence-electron chi connectivity index (χ4n) is 0.874. The van der Waals surface area contributed by atoms with E-state index in [9.17, 15) is 8.42 Å². The van der Waals surface area contributed by atoms with E-state index < -0.39 is 10.0 Å². The minimum absolute atomic E-state index is 0.368. The molecule has 0 spiro atoms. The largest absolute Gasteiger partial charge is 0.380 e. The third-order valence-corrected chi connectivity index (χ3v) is 3.90. The zero-order valence-corrected chi connectivity index (χ0v) is 9.57. The normalized spacial score (nSPS) is 12.3. The van der Waals surface area contributed by atoms with E-state index in [1.807, 2.05) is 6.92 Å².